The molecule has 0 fully saturated rings. The fourth-order valence-electron chi connectivity index (χ4n) is 2.13. The molecule has 2 amide bonds. The highest BCUT2D eigenvalue weighted by Crippen LogP contribution is 2.29. The first-order valence-corrected chi connectivity index (χ1v) is 5.86. The van der Waals surface area contributed by atoms with Crippen LogP contribution in [0.3, 0.4) is 0 Å². The van der Waals surface area contributed by atoms with Gasteiger partial charge in [0.2, 0.25) is 0 Å². The summed E-state index contributed by atoms with van der Waals surface area (Å²) in [6.07, 6.45) is 2.83. The summed E-state index contributed by atoms with van der Waals surface area (Å²) in [5.74, 6) is -0.830. The maximum absolute atomic E-state index is 12.3. The van der Waals surface area contributed by atoms with Gasteiger partial charge in [0.15, 0.2) is 11.4 Å². The number of imide groups is 1. The van der Waals surface area contributed by atoms with Crippen molar-refractivity contribution >= 4 is 17.5 Å². The third-order valence-corrected chi connectivity index (χ3v) is 3.12. The summed E-state index contributed by atoms with van der Waals surface area (Å²) in [5.41, 5.74) is 2.68. The number of aryl methyl sites for hydroxylation is 2. The number of carbonyl (C=O) groups excluding carboxylic acids is 2. The Labute approximate surface area is 109 Å². The molecule has 5 nitrogen and oxygen atoms in total. The normalized spacial score (nSPS) is 13.9. The quantitative estimate of drug-likeness (QED) is 0.728. The molecule has 0 spiro atoms. The van der Waals surface area contributed by atoms with E-state index < -0.39 is 11.8 Å². The molecule has 0 saturated carbocycles. The van der Waals surface area contributed by atoms with E-state index in [1.807, 2.05) is 32.0 Å². The first kappa shape index (κ1) is 11.5. The Hall–Kier alpha value is -2.56. The van der Waals surface area contributed by atoms with Gasteiger partial charge < -0.3 is 0 Å². The van der Waals surface area contributed by atoms with Gasteiger partial charge in [-0.15, -0.1) is 0 Å². The van der Waals surface area contributed by atoms with Gasteiger partial charge in [0.25, 0.3) is 11.8 Å². The molecule has 1 aromatic carbocycles. The second-order valence-electron chi connectivity index (χ2n) is 4.49. The van der Waals surface area contributed by atoms with E-state index in [4.69, 9.17) is 0 Å². The van der Waals surface area contributed by atoms with Crippen LogP contribution < -0.4 is 4.90 Å². The van der Waals surface area contributed by atoms with E-state index in [-0.39, 0.29) is 11.4 Å². The predicted molar refractivity (Wildman–Crippen MR) is 69.1 cm³/mol. The molecule has 5 heteroatoms. The van der Waals surface area contributed by atoms with Crippen molar-refractivity contribution in [1.29, 1.82) is 0 Å². The number of hydrogen-bond acceptors (Lipinski definition) is 4. The highest BCUT2D eigenvalue weighted by atomic mass is 16.2. The van der Waals surface area contributed by atoms with Gasteiger partial charge in [0.05, 0.1) is 5.69 Å². The topological polar surface area (TPSA) is 63.2 Å². The summed E-state index contributed by atoms with van der Waals surface area (Å²) in [7, 11) is 0. The first-order valence-electron chi connectivity index (χ1n) is 5.86. The number of nitrogens with zero attached hydrogens (tertiary/aromatic N) is 3. The SMILES string of the molecule is Cc1ccc(C)c(N2C(=O)c3nccnc3C2=O)c1. The standard InChI is InChI=1S/C14H11N3O2/c1-8-3-4-9(2)10(7-8)17-13(18)11-12(14(17)19)16-6-5-15-11/h3-7H,1-2H3. The van der Waals surface area contributed by atoms with Gasteiger partial charge in [-0.25, -0.2) is 14.9 Å². The highest BCUT2D eigenvalue weighted by molar-refractivity contribution is 6.33. The minimum absolute atomic E-state index is 0.119. The fourth-order valence-corrected chi connectivity index (χ4v) is 2.13. The van der Waals surface area contributed by atoms with Gasteiger partial charge in [-0.05, 0) is 31.0 Å². The summed E-state index contributed by atoms with van der Waals surface area (Å²) in [4.78, 5) is 33.6. The number of anilines is 1. The lowest BCUT2D eigenvalue weighted by Gasteiger charge is -2.16. The Kier molecular flexibility index (Phi) is 2.41. The van der Waals surface area contributed by atoms with E-state index in [9.17, 15) is 9.59 Å². The van der Waals surface area contributed by atoms with Gasteiger partial charge in [-0.1, -0.05) is 12.1 Å². The lowest BCUT2D eigenvalue weighted by atomic mass is 10.1. The van der Waals surface area contributed by atoms with Crippen molar-refractivity contribution in [2.45, 2.75) is 13.8 Å². The molecular weight excluding hydrogens is 242 g/mol. The van der Waals surface area contributed by atoms with Crippen LogP contribution in [-0.4, -0.2) is 21.8 Å². The average Bonchev–Trinajstić information content (AvgIpc) is 2.66. The minimum Gasteiger partial charge on any atom is -0.266 e. The van der Waals surface area contributed by atoms with Gasteiger partial charge in [0, 0.05) is 12.4 Å². The van der Waals surface area contributed by atoms with Crippen LogP contribution in [0.5, 0.6) is 0 Å². The monoisotopic (exact) mass is 253 g/mol. The molecule has 0 aliphatic carbocycles. The first-order chi connectivity index (χ1) is 9.09. The molecule has 1 aromatic heterocycles. The third-order valence-electron chi connectivity index (χ3n) is 3.12. The summed E-state index contributed by atoms with van der Waals surface area (Å²) < 4.78 is 0. The molecule has 0 bridgehead atoms. The van der Waals surface area contributed by atoms with Crippen LogP contribution in [-0.2, 0) is 0 Å². The van der Waals surface area contributed by atoms with Crippen molar-refractivity contribution in [3.8, 4) is 0 Å². The van der Waals surface area contributed by atoms with E-state index in [2.05, 4.69) is 9.97 Å². The average molecular weight is 253 g/mol. The van der Waals surface area contributed by atoms with E-state index in [1.54, 1.807) is 0 Å². The molecule has 0 saturated heterocycles. The highest BCUT2D eigenvalue weighted by Gasteiger charge is 2.39. The predicted octanol–water partition coefficient (Wildman–Crippen LogP) is 1.89. The number of fused-ring (bicyclic) bond motifs is 1. The zero-order valence-electron chi connectivity index (χ0n) is 10.5. The number of amides is 2. The number of carbonyl (C=O) groups is 2. The van der Waals surface area contributed by atoms with Crippen LogP contribution >= 0.6 is 0 Å². The summed E-state index contributed by atoms with van der Waals surface area (Å²) in [6.45, 7) is 3.77. The van der Waals surface area contributed by atoms with Crippen LogP contribution in [0, 0.1) is 13.8 Å². The molecule has 2 aromatic rings. The van der Waals surface area contributed by atoms with Crippen molar-refractivity contribution in [1.82, 2.24) is 9.97 Å². The second-order valence-corrected chi connectivity index (χ2v) is 4.49. The van der Waals surface area contributed by atoms with E-state index in [1.165, 1.54) is 12.4 Å². The molecule has 0 N–H and O–H groups in total. The van der Waals surface area contributed by atoms with Crippen LogP contribution in [0.4, 0.5) is 5.69 Å². The number of benzene rings is 1. The van der Waals surface area contributed by atoms with Crippen molar-refractivity contribution in [2.24, 2.45) is 0 Å². The largest absolute Gasteiger partial charge is 0.286 e. The summed E-state index contributed by atoms with van der Waals surface area (Å²) in [5, 5.41) is 0. The number of aromatic nitrogens is 2. The van der Waals surface area contributed by atoms with Crippen LogP contribution in [0.1, 0.15) is 32.1 Å². The smallest absolute Gasteiger partial charge is 0.266 e. The third kappa shape index (κ3) is 1.62. The summed E-state index contributed by atoms with van der Waals surface area (Å²) >= 11 is 0. The van der Waals surface area contributed by atoms with Gasteiger partial charge in [-0.2, -0.15) is 0 Å². The van der Waals surface area contributed by atoms with Crippen LogP contribution in [0.2, 0.25) is 0 Å². The molecule has 0 radical (unpaired) electrons. The Bertz CT molecular complexity index is 675. The molecule has 3 rings (SSSR count). The van der Waals surface area contributed by atoms with Crippen molar-refractivity contribution in [2.75, 3.05) is 4.90 Å². The molecular formula is C14H11N3O2. The molecule has 94 valence electrons. The fraction of sp³-hybridized carbons (Fsp3) is 0.143. The van der Waals surface area contributed by atoms with Crippen molar-refractivity contribution in [3.05, 3.63) is 53.1 Å². The zero-order valence-corrected chi connectivity index (χ0v) is 10.5. The maximum Gasteiger partial charge on any atom is 0.286 e. The Morgan fingerprint density at radius 2 is 1.53 bits per heavy atom. The number of hydrogen-bond donors (Lipinski definition) is 0. The molecule has 0 unspecified atom stereocenters. The molecule has 19 heavy (non-hydrogen) atoms. The maximum atomic E-state index is 12.3. The molecule has 1 aliphatic rings. The van der Waals surface area contributed by atoms with Crippen molar-refractivity contribution < 1.29 is 9.59 Å². The zero-order chi connectivity index (χ0) is 13.6. The lowest BCUT2D eigenvalue weighted by Crippen LogP contribution is -2.30. The molecule has 0 atom stereocenters. The Morgan fingerprint density at radius 1 is 0.947 bits per heavy atom. The van der Waals surface area contributed by atoms with Crippen molar-refractivity contribution in [3.63, 3.8) is 0 Å². The molecule has 2 heterocycles. The molecule has 1 aliphatic heterocycles. The van der Waals surface area contributed by atoms with E-state index in [0.717, 1.165) is 16.0 Å². The van der Waals surface area contributed by atoms with E-state index in [0.29, 0.717) is 5.69 Å². The number of rotatable bonds is 1. The van der Waals surface area contributed by atoms with Gasteiger partial charge in [-0.3, -0.25) is 9.59 Å². The van der Waals surface area contributed by atoms with E-state index >= 15 is 0 Å². The minimum atomic E-state index is -0.415. The Balaban J connectivity index is 2.17. The second kappa shape index (κ2) is 3.98. The van der Waals surface area contributed by atoms with Crippen LogP contribution in [0.15, 0.2) is 30.6 Å². The van der Waals surface area contributed by atoms with Gasteiger partial charge in [0.1, 0.15) is 0 Å². The van der Waals surface area contributed by atoms with Crippen LogP contribution in [0.25, 0.3) is 0 Å². The van der Waals surface area contributed by atoms with Gasteiger partial charge >= 0.3 is 0 Å². The summed E-state index contributed by atoms with van der Waals surface area (Å²) in [6, 6.07) is 5.64. The Morgan fingerprint density at radius 3 is 2.11 bits per heavy atom. The lowest BCUT2D eigenvalue weighted by molar-refractivity contribution is 0.0923.